The molecule has 0 saturated heterocycles. The van der Waals surface area contributed by atoms with Gasteiger partial charge in [0.25, 0.3) is 5.56 Å². The van der Waals surface area contributed by atoms with Crippen molar-refractivity contribution in [3.05, 3.63) is 34.2 Å². The maximum Gasteiger partial charge on any atom is 0.328 e. The van der Waals surface area contributed by atoms with Gasteiger partial charge in [-0.25, -0.2) is 4.79 Å². The van der Waals surface area contributed by atoms with Crippen molar-refractivity contribution in [2.24, 2.45) is 5.92 Å². The molecule has 0 spiro atoms. The molecule has 0 aliphatic heterocycles. The predicted octanol–water partition coefficient (Wildman–Crippen LogP) is 2.31. The van der Waals surface area contributed by atoms with E-state index in [0.29, 0.717) is 12.5 Å². The highest BCUT2D eigenvalue weighted by Crippen LogP contribution is 2.07. The molecule has 0 fully saturated rings. The van der Waals surface area contributed by atoms with Crippen molar-refractivity contribution < 1.29 is 9.53 Å². The van der Waals surface area contributed by atoms with Gasteiger partial charge in [0.05, 0.1) is 6.61 Å². The van der Waals surface area contributed by atoms with E-state index < -0.39 is 6.04 Å². The Morgan fingerprint density at radius 2 is 2.06 bits per heavy atom. The number of carbonyl (C=O) groups is 1. The molecule has 18 heavy (non-hydrogen) atoms. The lowest BCUT2D eigenvalue weighted by molar-refractivity contribution is -0.147. The molecule has 1 heterocycles. The standard InChI is InChI=1S/C14H21NO3/c1-10(2)6-8-18-14(17)12(4)15-7-5-11(3)9-13(15)16/h5,7,9-10,12H,6,8H2,1-4H3. The Labute approximate surface area is 108 Å². The van der Waals surface area contributed by atoms with Crippen LogP contribution in [0.15, 0.2) is 23.1 Å². The number of pyridine rings is 1. The van der Waals surface area contributed by atoms with E-state index in [1.165, 1.54) is 10.6 Å². The summed E-state index contributed by atoms with van der Waals surface area (Å²) in [6.45, 7) is 8.07. The lowest BCUT2D eigenvalue weighted by atomic mass is 10.1. The zero-order valence-electron chi connectivity index (χ0n) is 11.5. The van der Waals surface area contributed by atoms with Gasteiger partial charge in [-0.2, -0.15) is 0 Å². The zero-order chi connectivity index (χ0) is 13.7. The van der Waals surface area contributed by atoms with Gasteiger partial charge in [-0.3, -0.25) is 4.79 Å². The maximum atomic E-state index is 11.8. The van der Waals surface area contributed by atoms with E-state index in [1.807, 2.05) is 6.92 Å². The van der Waals surface area contributed by atoms with Gasteiger partial charge in [0, 0.05) is 12.3 Å². The number of carbonyl (C=O) groups excluding carboxylic acids is 1. The molecular formula is C14H21NO3. The monoisotopic (exact) mass is 251 g/mol. The van der Waals surface area contributed by atoms with Crippen LogP contribution in [0.25, 0.3) is 0 Å². The molecule has 1 atom stereocenters. The Bertz CT molecular complexity index is 462. The summed E-state index contributed by atoms with van der Waals surface area (Å²) in [5, 5.41) is 0. The second kappa shape index (κ2) is 6.38. The Morgan fingerprint density at radius 1 is 1.39 bits per heavy atom. The second-order valence-corrected chi connectivity index (χ2v) is 4.98. The summed E-state index contributed by atoms with van der Waals surface area (Å²) >= 11 is 0. The van der Waals surface area contributed by atoms with Gasteiger partial charge < -0.3 is 9.30 Å². The van der Waals surface area contributed by atoms with Crippen molar-refractivity contribution in [2.45, 2.75) is 40.2 Å². The van der Waals surface area contributed by atoms with E-state index in [2.05, 4.69) is 13.8 Å². The van der Waals surface area contributed by atoms with Crippen LogP contribution in [0.2, 0.25) is 0 Å². The van der Waals surface area contributed by atoms with E-state index >= 15 is 0 Å². The van der Waals surface area contributed by atoms with Crippen molar-refractivity contribution in [1.29, 1.82) is 0 Å². The van der Waals surface area contributed by atoms with Crippen molar-refractivity contribution in [3.63, 3.8) is 0 Å². The molecule has 0 bridgehead atoms. The highest BCUT2D eigenvalue weighted by atomic mass is 16.5. The van der Waals surface area contributed by atoms with E-state index in [1.54, 1.807) is 19.2 Å². The third-order valence-electron chi connectivity index (χ3n) is 2.80. The molecule has 0 radical (unpaired) electrons. The van der Waals surface area contributed by atoms with Gasteiger partial charge in [0.1, 0.15) is 6.04 Å². The molecule has 0 saturated carbocycles. The molecule has 0 aliphatic carbocycles. The molecule has 0 aliphatic rings. The summed E-state index contributed by atoms with van der Waals surface area (Å²) in [5.41, 5.74) is 0.708. The minimum Gasteiger partial charge on any atom is -0.464 e. The van der Waals surface area contributed by atoms with Gasteiger partial charge in [-0.05, 0) is 37.8 Å². The van der Waals surface area contributed by atoms with E-state index in [-0.39, 0.29) is 11.5 Å². The van der Waals surface area contributed by atoms with Crippen LogP contribution in [-0.2, 0) is 9.53 Å². The predicted molar refractivity (Wildman–Crippen MR) is 70.6 cm³/mol. The average Bonchev–Trinajstić information content (AvgIpc) is 2.27. The van der Waals surface area contributed by atoms with Crippen molar-refractivity contribution in [3.8, 4) is 0 Å². The number of rotatable bonds is 5. The Kier molecular flexibility index (Phi) is 5.13. The van der Waals surface area contributed by atoms with Crippen LogP contribution < -0.4 is 5.56 Å². The van der Waals surface area contributed by atoms with Crippen molar-refractivity contribution in [1.82, 2.24) is 4.57 Å². The molecule has 1 aromatic heterocycles. The third-order valence-corrected chi connectivity index (χ3v) is 2.80. The van der Waals surface area contributed by atoms with Gasteiger partial charge >= 0.3 is 5.97 Å². The van der Waals surface area contributed by atoms with Crippen LogP contribution >= 0.6 is 0 Å². The molecule has 1 unspecified atom stereocenters. The topological polar surface area (TPSA) is 48.3 Å². The first kappa shape index (κ1) is 14.5. The number of aryl methyl sites for hydroxylation is 1. The molecule has 100 valence electrons. The molecule has 0 amide bonds. The molecule has 4 heteroatoms. The molecule has 1 rings (SSSR count). The number of hydrogen-bond donors (Lipinski definition) is 0. The van der Waals surface area contributed by atoms with Gasteiger partial charge in [0.2, 0.25) is 0 Å². The number of aromatic nitrogens is 1. The summed E-state index contributed by atoms with van der Waals surface area (Å²) in [7, 11) is 0. The van der Waals surface area contributed by atoms with E-state index in [9.17, 15) is 9.59 Å². The van der Waals surface area contributed by atoms with Crippen molar-refractivity contribution in [2.75, 3.05) is 6.61 Å². The summed E-state index contributed by atoms with van der Waals surface area (Å²) in [5.74, 6) is 0.136. The minimum absolute atomic E-state index is 0.177. The lowest BCUT2D eigenvalue weighted by Crippen LogP contribution is -2.28. The minimum atomic E-state index is -0.578. The first-order valence-electron chi connectivity index (χ1n) is 6.27. The summed E-state index contributed by atoms with van der Waals surface area (Å²) < 4.78 is 6.55. The van der Waals surface area contributed by atoms with Gasteiger partial charge in [0.15, 0.2) is 0 Å². The van der Waals surface area contributed by atoms with E-state index in [0.717, 1.165) is 12.0 Å². The van der Waals surface area contributed by atoms with Crippen LogP contribution in [0.4, 0.5) is 0 Å². The molecule has 1 aromatic rings. The first-order chi connectivity index (χ1) is 8.41. The second-order valence-electron chi connectivity index (χ2n) is 4.98. The van der Waals surface area contributed by atoms with Crippen LogP contribution in [0.1, 0.15) is 38.8 Å². The summed E-state index contributed by atoms with van der Waals surface area (Å²) in [6.07, 6.45) is 2.47. The fourth-order valence-corrected chi connectivity index (χ4v) is 1.54. The van der Waals surface area contributed by atoms with E-state index in [4.69, 9.17) is 4.74 Å². The lowest BCUT2D eigenvalue weighted by Gasteiger charge is -2.15. The largest absolute Gasteiger partial charge is 0.464 e. The third kappa shape index (κ3) is 4.02. The highest BCUT2D eigenvalue weighted by molar-refractivity contribution is 5.73. The molecule has 0 N–H and O–H groups in total. The molecule has 0 aromatic carbocycles. The Hall–Kier alpha value is -1.58. The normalized spacial score (nSPS) is 12.5. The molecular weight excluding hydrogens is 230 g/mol. The number of ether oxygens (including phenoxy) is 1. The summed E-state index contributed by atoms with van der Waals surface area (Å²) in [6, 6.07) is 2.74. The van der Waals surface area contributed by atoms with Crippen LogP contribution in [0, 0.1) is 12.8 Å². The fraction of sp³-hybridized carbons (Fsp3) is 0.571. The van der Waals surface area contributed by atoms with Gasteiger partial charge in [-0.15, -0.1) is 0 Å². The van der Waals surface area contributed by atoms with Crippen LogP contribution in [-0.4, -0.2) is 17.1 Å². The first-order valence-corrected chi connectivity index (χ1v) is 6.27. The Balaban J connectivity index is 2.66. The zero-order valence-corrected chi connectivity index (χ0v) is 11.5. The number of nitrogens with zero attached hydrogens (tertiary/aromatic N) is 1. The van der Waals surface area contributed by atoms with Crippen LogP contribution in [0.5, 0.6) is 0 Å². The number of esters is 1. The van der Waals surface area contributed by atoms with Crippen molar-refractivity contribution >= 4 is 5.97 Å². The summed E-state index contributed by atoms with van der Waals surface area (Å²) in [4.78, 5) is 23.5. The molecule has 4 nitrogen and oxygen atoms in total. The average molecular weight is 251 g/mol. The Morgan fingerprint density at radius 3 is 2.61 bits per heavy atom. The van der Waals surface area contributed by atoms with Crippen LogP contribution in [0.3, 0.4) is 0 Å². The SMILES string of the molecule is Cc1ccn(C(C)C(=O)OCCC(C)C)c(=O)c1. The quantitative estimate of drug-likeness (QED) is 0.754. The maximum absolute atomic E-state index is 11.8. The smallest absolute Gasteiger partial charge is 0.328 e. The highest BCUT2D eigenvalue weighted by Gasteiger charge is 2.17. The fourth-order valence-electron chi connectivity index (χ4n) is 1.54. The van der Waals surface area contributed by atoms with Gasteiger partial charge in [-0.1, -0.05) is 13.8 Å². The number of hydrogen-bond acceptors (Lipinski definition) is 3.